The molecular weight excluding hydrogens is 310 g/mol. The van der Waals surface area contributed by atoms with E-state index < -0.39 is 0 Å². The molecule has 25 heavy (non-hydrogen) atoms. The summed E-state index contributed by atoms with van der Waals surface area (Å²) in [5, 5.41) is 2.53. The lowest BCUT2D eigenvalue weighted by Gasteiger charge is -2.28. The highest BCUT2D eigenvalue weighted by molar-refractivity contribution is 5.88. The third kappa shape index (κ3) is 3.16. The molecule has 132 valence electrons. The topological polar surface area (TPSA) is 44.4 Å². The molecule has 2 fully saturated rings. The Kier molecular flexibility index (Phi) is 4.73. The van der Waals surface area contributed by atoms with E-state index in [9.17, 15) is 4.79 Å². The first-order chi connectivity index (χ1) is 12.3. The number of hydrazine groups is 1. The van der Waals surface area contributed by atoms with Crippen molar-refractivity contribution in [2.45, 2.75) is 57.2 Å². The van der Waals surface area contributed by atoms with Gasteiger partial charge >= 0.3 is 0 Å². The second kappa shape index (κ2) is 7.14. The molecule has 2 saturated heterocycles. The summed E-state index contributed by atoms with van der Waals surface area (Å²) in [6.07, 6.45) is 5.29. The summed E-state index contributed by atoms with van der Waals surface area (Å²) in [5.41, 5.74) is 7.83. The number of fused-ring (bicyclic) bond motifs is 1. The Morgan fingerprint density at radius 2 is 2.00 bits per heavy atom. The highest BCUT2D eigenvalue weighted by Crippen LogP contribution is 2.36. The highest BCUT2D eigenvalue weighted by atomic mass is 16.2. The van der Waals surface area contributed by atoms with Gasteiger partial charge in [0.1, 0.15) is 6.04 Å². The fourth-order valence-electron chi connectivity index (χ4n) is 4.42. The Labute approximate surface area is 149 Å². The number of hydrogen-bond donors (Lipinski definition) is 2. The van der Waals surface area contributed by atoms with Crippen LogP contribution in [0.25, 0.3) is 10.8 Å². The van der Waals surface area contributed by atoms with E-state index in [1.54, 1.807) is 0 Å². The highest BCUT2D eigenvalue weighted by Gasteiger charge is 2.37. The van der Waals surface area contributed by atoms with Gasteiger partial charge in [0.2, 0.25) is 5.91 Å². The Bertz CT molecular complexity index is 754. The van der Waals surface area contributed by atoms with Gasteiger partial charge < -0.3 is 4.90 Å². The summed E-state index contributed by atoms with van der Waals surface area (Å²) in [6, 6.07) is 15.5. The van der Waals surface area contributed by atoms with Gasteiger partial charge in [-0.15, -0.1) is 0 Å². The van der Waals surface area contributed by atoms with E-state index in [2.05, 4.69) is 65.1 Å². The van der Waals surface area contributed by atoms with Crippen molar-refractivity contribution in [3.63, 3.8) is 0 Å². The van der Waals surface area contributed by atoms with Gasteiger partial charge in [0, 0.05) is 12.6 Å². The lowest BCUT2D eigenvalue weighted by molar-refractivity contribution is -0.134. The number of carbonyl (C=O) groups excluding carboxylic acids is 1. The van der Waals surface area contributed by atoms with Crippen LogP contribution in [0.2, 0.25) is 0 Å². The maximum Gasteiger partial charge on any atom is 0.241 e. The number of rotatable bonds is 4. The summed E-state index contributed by atoms with van der Waals surface area (Å²) in [5.74, 6) is 0.251. The molecule has 3 unspecified atom stereocenters. The molecule has 4 heteroatoms. The van der Waals surface area contributed by atoms with Crippen LogP contribution in [0, 0.1) is 0 Å². The van der Waals surface area contributed by atoms with Crippen LogP contribution in [0.1, 0.15) is 50.6 Å². The van der Waals surface area contributed by atoms with E-state index in [1.807, 2.05) is 0 Å². The lowest BCUT2D eigenvalue weighted by Crippen LogP contribution is -2.45. The Balaban J connectivity index is 1.57. The number of benzene rings is 2. The van der Waals surface area contributed by atoms with E-state index >= 15 is 0 Å². The first-order valence-electron chi connectivity index (χ1n) is 9.57. The Hall–Kier alpha value is -1.91. The van der Waals surface area contributed by atoms with Crippen molar-refractivity contribution in [2.24, 2.45) is 0 Å². The molecule has 0 spiro atoms. The van der Waals surface area contributed by atoms with E-state index in [0.29, 0.717) is 6.04 Å². The van der Waals surface area contributed by atoms with Crippen molar-refractivity contribution in [1.29, 1.82) is 0 Å². The average molecular weight is 337 g/mol. The molecule has 0 aliphatic carbocycles. The number of amides is 1. The molecule has 2 heterocycles. The maximum atomic E-state index is 13.1. The third-order valence-electron chi connectivity index (χ3n) is 5.64. The number of carbonyl (C=O) groups is 1. The van der Waals surface area contributed by atoms with Crippen LogP contribution in [-0.2, 0) is 4.79 Å². The van der Waals surface area contributed by atoms with E-state index in [1.165, 1.54) is 16.3 Å². The molecule has 2 aromatic carbocycles. The van der Waals surface area contributed by atoms with Gasteiger partial charge in [-0.1, -0.05) is 55.8 Å². The molecule has 4 rings (SSSR count). The first kappa shape index (κ1) is 16.6. The lowest BCUT2D eigenvalue weighted by atomic mass is 9.96. The van der Waals surface area contributed by atoms with Crippen LogP contribution in [-0.4, -0.2) is 29.4 Å². The monoisotopic (exact) mass is 337 g/mol. The Morgan fingerprint density at radius 3 is 2.88 bits per heavy atom. The maximum absolute atomic E-state index is 13.1. The van der Waals surface area contributed by atoms with Crippen LogP contribution in [0.3, 0.4) is 0 Å². The second-order valence-electron chi connectivity index (χ2n) is 7.32. The summed E-state index contributed by atoms with van der Waals surface area (Å²) in [7, 11) is 0. The normalized spacial score (nSPS) is 26.4. The molecule has 2 aliphatic rings. The molecular formula is C21H27N3O. The van der Waals surface area contributed by atoms with Gasteiger partial charge in [-0.25, -0.2) is 5.43 Å². The predicted octanol–water partition coefficient (Wildman–Crippen LogP) is 3.54. The standard InChI is InChI=1S/C21H27N3O/c1-2-7-16-14-19(23-22-16)21(25)24-13-6-12-20(24)18-11-5-9-15-8-3-4-10-17(15)18/h3-5,8-11,16,19-20,22-23H,2,6-7,12-14H2,1H3. The molecule has 0 saturated carbocycles. The van der Waals surface area contributed by atoms with Crippen molar-refractivity contribution in [2.75, 3.05) is 6.54 Å². The van der Waals surface area contributed by atoms with Crippen molar-refractivity contribution in [3.8, 4) is 0 Å². The SMILES string of the molecule is CCCC1CC(C(=O)N2CCCC2c2cccc3ccccc23)NN1. The number of likely N-dealkylation sites (tertiary alicyclic amines) is 1. The number of hydrogen-bond acceptors (Lipinski definition) is 3. The molecule has 0 aromatic heterocycles. The van der Waals surface area contributed by atoms with E-state index in [-0.39, 0.29) is 18.0 Å². The van der Waals surface area contributed by atoms with Crippen LogP contribution in [0.4, 0.5) is 0 Å². The minimum atomic E-state index is -0.0906. The summed E-state index contributed by atoms with van der Waals surface area (Å²) >= 11 is 0. The first-order valence-corrected chi connectivity index (χ1v) is 9.57. The molecule has 2 aromatic rings. The van der Waals surface area contributed by atoms with Crippen LogP contribution in [0.15, 0.2) is 42.5 Å². The van der Waals surface area contributed by atoms with Gasteiger partial charge in [0.25, 0.3) is 0 Å². The summed E-state index contributed by atoms with van der Waals surface area (Å²) in [4.78, 5) is 15.2. The zero-order chi connectivity index (χ0) is 17.2. The van der Waals surface area contributed by atoms with Gasteiger partial charge in [-0.2, -0.15) is 0 Å². The van der Waals surface area contributed by atoms with Crippen molar-refractivity contribution < 1.29 is 4.79 Å². The van der Waals surface area contributed by atoms with Crippen LogP contribution < -0.4 is 10.9 Å². The Morgan fingerprint density at radius 1 is 1.16 bits per heavy atom. The minimum absolute atomic E-state index is 0.0906. The van der Waals surface area contributed by atoms with Crippen LogP contribution >= 0.6 is 0 Å². The van der Waals surface area contributed by atoms with E-state index in [0.717, 1.165) is 38.6 Å². The molecule has 0 radical (unpaired) electrons. The van der Waals surface area contributed by atoms with Crippen molar-refractivity contribution >= 4 is 16.7 Å². The van der Waals surface area contributed by atoms with Crippen molar-refractivity contribution in [3.05, 3.63) is 48.0 Å². The smallest absolute Gasteiger partial charge is 0.241 e. The van der Waals surface area contributed by atoms with Gasteiger partial charge in [-0.05, 0) is 42.0 Å². The van der Waals surface area contributed by atoms with Gasteiger partial charge in [0.05, 0.1) is 6.04 Å². The fourth-order valence-corrected chi connectivity index (χ4v) is 4.42. The number of nitrogens with one attached hydrogen (secondary N) is 2. The van der Waals surface area contributed by atoms with Gasteiger partial charge in [0.15, 0.2) is 0 Å². The summed E-state index contributed by atoms with van der Waals surface area (Å²) < 4.78 is 0. The zero-order valence-electron chi connectivity index (χ0n) is 14.9. The van der Waals surface area contributed by atoms with E-state index in [4.69, 9.17) is 0 Å². The minimum Gasteiger partial charge on any atom is -0.334 e. The fraction of sp³-hybridized carbons (Fsp3) is 0.476. The summed E-state index contributed by atoms with van der Waals surface area (Å²) in [6.45, 7) is 3.05. The molecule has 2 aliphatic heterocycles. The molecule has 4 nitrogen and oxygen atoms in total. The zero-order valence-corrected chi connectivity index (χ0v) is 14.9. The molecule has 1 amide bonds. The van der Waals surface area contributed by atoms with Crippen LogP contribution in [0.5, 0.6) is 0 Å². The molecule has 3 atom stereocenters. The predicted molar refractivity (Wildman–Crippen MR) is 101 cm³/mol. The largest absolute Gasteiger partial charge is 0.334 e. The second-order valence-corrected chi connectivity index (χ2v) is 7.32. The average Bonchev–Trinajstić information content (AvgIpc) is 3.30. The quantitative estimate of drug-likeness (QED) is 0.897. The van der Waals surface area contributed by atoms with Crippen molar-refractivity contribution in [1.82, 2.24) is 15.8 Å². The molecule has 0 bridgehead atoms. The van der Waals surface area contributed by atoms with Gasteiger partial charge in [-0.3, -0.25) is 10.2 Å². The number of nitrogens with zero attached hydrogens (tertiary/aromatic N) is 1. The molecule has 2 N–H and O–H groups in total. The third-order valence-corrected chi connectivity index (χ3v) is 5.64.